The van der Waals surface area contributed by atoms with Crippen molar-refractivity contribution in [3.8, 4) is 0 Å². The highest BCUT2D eigenvalue weighted by atomic mass is 32.2. The van der Waals surface area contributed by atoms with Crippen LogP contribution in [0.2, 0.25) is 0 Å². The SMILES string of the molecule is C=CCN1C(=O)c2ccc(C(=O)OCC(=O)Nc3cccc(S(=O)(=O)N4CCCCC4)c3)cc2C1=O. The molecule has 0 radical (unpaired) electrons. The summed E-state index contributed by atoms with van der Waals surface area (Å²) in [7, 11) is -3.67. The molecule has 0 aliphatic carbocycles. The molecule has 1 saturated heterocycles. The molecule has 0 atom stereocenters. The Morgan fingerprint density at radius 1 is 1.00 bits per heavy atom. The van der Waals surface area contributed by atoms with Gasteiger partial charge in [0, 0.05) is 25.3 Å². The number of hydrogen-bond acceptors (Lipinski definition) is 7. The third kappa shape index (κ3) is 5.07. The van der Waals surface area contributed by atoms with E-state index >= 15 is 0 Å². The quantitative estimate of drug-likeness (QED) is 0.327. The largest absolute Gasteiger partial charge is 0.452 e. The van der Waals surface area contributed by atoms with Crippen LogP contribution in [0.4, 0.5) is 5.69 Å². The number of anilines is 1. The summed E-state index contributed by atoms with van der Waals surface area (Å²) in [4.78, 5) is 50.6. The molecule has 188 valence electrons. The number of rotatable bonds is 8. The molecule has 2 aromatic carbocycles. The number of nitrogens with one attached hydrogen (secondary N) is 1. The van der Waals surface area contributed by atoms with Crippen molar-refractivity contribution in [2.75, 3.05) is 31.6 Å². The summed E-state index contributed by atoms with van der Waals surface area (Å²) in [5.41, 5.74) is 0.513. The monoisotopic (exact) mass is 511 g/mol. The standard InChI is InChI=1S/C25H25N3O7S/c1-2-11-28-23(30)20-10-9-17(14-21(20)24(28)31)25(32)35-16-22(29)26-18-7-6-8-19(15-18)36(33,34)27-12-4-3-5-13-27/h2,6-10,14-15H,1,3-5,11-13,16H2,(H,26,29). The van der Waals surface area contributed by atoms with Crippen LogP contribution in [-0.2, 0) is 19.6 Å². The second-order valence-corrected chi connectivity index (χ2v) is 10.3. The molecule has 3 amide bonds. The minimum Gasteiger partial charge on any atom is -0.452 e. The zero-order valence-electron chi connectivity index (χ0n) is 19.4. The molecule has 11 heteroatoms. The number of fused-ring (bicyclic) bond motifs is 1. The van der Waals surface area contributed by atoms with E-state index in [0.29, 0.717) is 13.1 Å². The zero-order chi connectivity index (χ0) is 25.9. The van der Waals surface area contributed by atoms with Crippen molar-refractivity contribution >= 4 is 39.4 Å². The number of imide groups is 1. The smallest absolute Gasteiger partial charge is 0.338 e. The first-order valence-electron chi connectivity index (χ1n) is 11.4. The fraction of sp³-hybridized carbons (Fsp3) is 0.280. The van der Waals surface area contributed by atoms with Gasteiger partial charge in [-0.1, -0.05) is 18.6 Å². The van der Waals surface area contributed by atoms with E-state index in [9.17, 15) is 27.6 Å². The maximum atomic E-state index is 12.9. The Morgan fingerprint density at radius 3 is 2.44 bits per heavy atom. The van der Waals surface area contributed by atoms with E-state index in [1.165, 1.54) is 52.8 Å². The van der Waals surface area contributed by atoms with Gasteiger partial charge < -0.3 is 10.1 Å². The lowest BCUT2D eigenvalue weighted by Crippen LogP contribution is -2.35. The highest BCUT2D eigenvalue weighted by molar-refractivity contribution is 7.89. The second-order valence-electron chi connectivity index (χ2n) is 8.39. The van der Waals surface area contributed by atoms with Gasteiger partial charge in [-0.2, -0.15) is 4.31 Å². The van der Waals surface area contributed by atoms with Crippen LogP contribution in [0.5, 0.6) is 0 Å². The summed E-state index contributed by atoms with van der Waals surface area (Å²) in [6, 6.07) is 9.86. The summed E-state index contributed by atoms with van der Waals surface area (Å²) < 4.78 is 32.2. The first kappa shape index (κ1) is 25.3. The molecule has 36 heavy (non-hydrogen) atoms. The van der Waals surface area contributed by atoms with E-state index < -0.39 is 40.3 Å². The van der Waals surface area contributed by atoms with Crippen LogP contribution >= 0.6 is 0 Å². The fourth-order valence-electron chi connectivity index (χ4n) is 4.11. The Balaban J connectivity index is 1.37. The third-order valence-corrected chi connectivity index (χ3v) is 7.82. The van der Waals surface area contributed by atoms with Crippen molar-refractivity contribution in [3.63, 3.8) is 0 Å². The lowest BCUT2D eigenvalue weighted by atomic mass is 10.1. The zero-order valence-corrected chi connectivity index (χ0v) is 20.3. The van der Waals surface area contributed by atoms with Crippen LogP contribution in [0, 0.1) is 0 Å². The van der Waals surface area contributed by atoms with Crippen molar-refractivity contribution in [2.45, 2.75) is 24.2 Å². The van der Waals surface area contributed by atoms with E-state index in [2.05, 4.69) is 11.9 Å². The normalized spacial score (nSPS) is 15.9. The van der Waals surface area contributed by atoms with Gasteiger partial charge in [0.2, 0.25) is 10.0 Å². The van der Waals surface area contributed by atoms with E-state index in [4.69, 9.17) is 4.74 Å². The highest BCUT2D eigenvalue weighted by Gasteiger charge is 2.35. The number of hydrogen-bond donors (Lipinski definition) is 1. The molecule has 0 bridgehead atoms. The van der Waals surface area contributed by atoms with Crippen LogP contribution in [0.3, 0.4) is 0 Å². The first-order chi connectivity index (χ1) is 17.2. The van der Waals surface area contributed by atoms with Crippen molar-refractivity contribution in [2.24, 2.45) is 0 Å². The summed E-state index contributed by atoms with van der Waals surface area (Å²) in [5, 5.41) is 2.52. The molecule has 1 fully saturated rings. The molecule has 0 unspecified atom stereocenters. The van der Waals surface area contributed by atoms with Gasteiger partial charge in [-0.05, 0) is 49.2 Å². The van der Waals surface area contributed by atoms with Gasteiger partial charge >= 0.3 is 5.97 Å². The lowest BCUT2D eigenvalue weighted by molar-refractivity contribution is -0.119. The molecule has 0 saturated carbocycles. The Hall–Kier alpha value is -3.83. The second kappa shape index (κ2) is 10.4. The topological polar surface area (TPSA) is 130 Å². The average Bonchev–Trinajstić information content (AvgIpc) is 3.12. The molecular weight excluding hydrogens is 486 g/mol. The fourth-order valence-corrected chi connectivity index (χ4v) is 5.68. The number of carbonyl (C=O) groups excluding carboxylic acids is 4. The predicted molar refractivity (Wildman–Crippen MR) is 130 cm³/mol. The van der Waals surface area contributed by atoms with Crippen molar-refractivity contribution < 1.29 is 32.3 Å². The summed E-state index contributed by atoms with van der Waals surface area (Å²) in [5.74, 6) is -2.53. The molecule has 2 aromatic rings. The van der Waals surface area contributed by atoms with Crippen LogP contribution in [-0.4, -0.2) is 67.6 Å². The molecule has 2 aliphatic heterocycles. The molecule has 1 N–H and O–H groups in total. The van der Waals surface area contributed by atoms with Gasteiger partial charge in [-0.25, -0.2) is 13.2 Å². The number of ether oxygens (including phenoxy) is 1. The molecule has 4 rings (SSSR count). The Labute approximate surface area is 208 Å². The number of esters is 1. The molecule has 0 spiro atoms. The predicted octanol–water partition coefficient (Wildman–Crippen LogP) is 2.44. The van der Waals surface area contributed by atoms with Gasteiger partial charge in [0.05, 0.1) is 21.6 Å². The van der Waals surface area contributed by atoms with Gasteiger partial charge in [0.25, 0.3) is 17.7 Å². The molecular formula is C25H25N3O7S. The number of carbonyl (C=O) groups is 4. The lowest BCUT2D eigenvalue weighted by Gasteiger charge is -2.26. The summed E-state index contributed by atoms with van der Waals surface area (Å²) in [6.07, 6.45) is 4.04. The maximum Gasteiger partial charge on any atom is 0.338 e. The summed E-state index contributed by atoms with van der Waals surface area (Å²) >= 11 is 0. The van der Waals surface area contributed by atoms with Gasteiger partial charge in [-0.3, -0.25) is 19.3 Å². The minimum atomic E-state index is -3.67. The number of benzene rings is 2. The number of nitrogens with zero attached hydrogens (tertiary/aromatic N) is 2. The number of sulfonamides is 1. The van der Waals surface area contributed by atoms with E-state index in [1.807, 2.05) is 0 Å². The van der Waals surface area contributed by atoms with E-state index in [1.54, 1.807) is 0 Å². The van der Waals surface area contributed by atoms with Gasteiger partial charge in [0.15, 0.2) is 6.61 Å². The van der Waals surface area contributed by atoms with Crippen LogP contribution in [0.15, 0.2) is 60.0 Å². The van der Waals surface area contributed by atoms with Gasteiger partial charge in [-0.15, -0.1) is 6.58 Å². The Bertz CT molecular complexity index is 1350. The van der Waals surface area contributed by atoms with Gasteiger partial charge in [0.1, 0.15) is 0 Å². The Morgan fingerprint density at radius 2 is 1.72 bits per heavy atom. The van der Waals surface area contributed by atoms with E-state index in [-0.39, 0.29) is 33.8 Å². The van der Waals surface area contributed by atoms with Crippen molar-refractivity contribution in [1.82, 2.24) is 9.21 Å². The molecule has 10 nitrogen and oxygen atoms in total. The molecule has 2 heterocycles. The van der Waals surface area contributed by atoms with Crippen molar-refractivity contribution in [3.05, 3.63) is 71.8 Å². The van der Waals surface area contributed by atoms with Crippen LogP contribution in [0.25, 0.3) is 0 Å². The third-order valence-electron chi connectivity index (χ3n) is 5.92. The minimum absolute atomic E-state index is 0.0118. The summed E-state index contributed by atoms with van der Waals surface area (Å²) in [6.45, 7) is 3.86. The van der Waals surface area contributed by atoms with E-state index in [0.717, 1.165) is 24.2 Å². The van der Waals surface area contributed by atoms with Crippen LogP contribution < -0.4 is 5.32 Å². The first-order valence-corrected chi connectivity index (χ1v) is 12.8. The van der Waals surface area contributed by atoms with Crippen molar-refractivity contribution in [1.29, 1.82) is 0 Å². The van der Waals surface area contributed by atoms with Crippen LogP contribution in [0.1, 0.15) is 50.3 Å². The highest BCUT2D eigenvalue weighted by Crippen LogP contribution is 2.25. The number of piperidine rings is 1. The molecule has 0 aromatic heterocycles. The average molecular weight is 512 g/mol. The maximum absolute atomic E-state index is 12.9. The Kier molecular flexibility index (Phi) is 7.32. The number of amides is 3. The molecule has 2 aliphatic rings.